The number of nitrogen functional groups attached to an aromatic ring is 1. The van der Waals surface area contributed by atoms with E-state index in [9.17, 15) is 4.79 Å². The van der Waals surface area contributed by atoms with Crippen LogP contribution in [0.3, 0.4) is 0 Å². The van der Waals surface area contributed by atoms with Crippen LogP contribution in [-0.2, 0) is 6.61 Å². The summed E-state index contributed by atoms with van der Waals surface area (Å²) in [7, 11) is 0. The Kier molecular flexibility index (Phi) is 4.38. The molecule has 0 saturated carbocycles. The second-order valence-electron chi connectivity index (χ2n) is 4.73. The molecule has 0 aliphatic carbocycles. The number of ether oxygens (including phenoxy) is 1. The lowest BCUT2D eigenvalue weighted by Crippen LogP contribution is -2.29. The number of hydrogen-bond acceptors (Lipinski definition) is 3. The molecule has 4 nitrogen and oxygen atoms in total. The zero-order chi connectivity index (χ0) is 14.5. The number of hydrogen-bond donors (Lipinski definition) is 2. The molecule has 2 aromatic carbocycles. The van der Waals surface area contributed by atoms with Gasteiger partial charge in [0.25, 0.3) is 5.91 Å². The molecule has 0 aliphatic heterocycles. The molecule has 0 atom stereocenters. The molecule has 2 aromatic rings. The number of carbonyl (C=O) groups excluding carboxylic acids is 1. The lowest BCUT2D eigenvalue weighted by atomic mass is 10.1. The summed E-state index contributed by atoms with van der Waals surface area (Å²) in [5.41, 5.74) is 5.96. The van der Waals surface area contributed by atoms with Crippen molar-refractivity contribution in [2.24, 2.45) is 5.84 Å². The summed E-state index contributed by atoms with van der Waals surface area (Å²) in [6.45, 7) is 4.55. The van der Waals surface area contributed by atoms with Crippen LogP contribution in [0.15, 0.2) is 42.5 Å². The highest BCUT2D eigenvalue weighted by Crippen LogP contribution is 2.20. The second kappa shape index (κ2) is 6.21. The van der Waals surface area contributed by atoms with Crippen molar-refractivity contribution < 1.29 is 9.53 Å². The summed E-state index contributed by atoms with van der Waals surface area (Å²) in [5.74, 6) is 5.66. The van der Waals surface area contributed by atoms with E-state index in [4.69, 9.17) is 10.6 Å². The molecular formula is C16H18N2O2. The third-order valence-electron chi connectivity index (χ3n) is 3.07. The Balaban J connectivity index is 2.02. The summed E-state index contributed by atoms with van der Waals surface area (Å²) in [5, 5.41) is 0. The van der Waals surface area contributed by atoms with Gasteiger partial charge in [0, 0.05) is 5.56 Å². The monoisotopic (exact) mass is 270 g/mol. The van der Waals surface area contributed by atoms with Crippen molar-refractivity contribution in [3.05, 3.63) is 64.7 Å². The highest BCUT2D eigenvalue weighted by molar-refractivity contribution is 5.93. The first-order valence-corrected chi connectivity index (χ1v) is 6.40. The van der Waals surface area contributed by atoms with Crippen molar-refractivity contribution in [3.8, 4) is 5.75 Å². The molecule has 0 fully saturated rings. The molecule has 20 heavy (non-hydrogen) atoms. The van der Waals surface area contributed by atoms with Crippen molar-refractivity contribution in [2.75, 3.05) is 0 Å². The van der Waals surface area contributed by atoms with Gasteiger partial charge in [-0.3, -0.25) is 10.2 Å². The lowest BCUT2D eigenvalue weighted by molar-refractivity contribution is 0.0953. The standard InChI is InChI=1S/C16H18N2O2/c1-11-3-8-15(12(2)9-11)20-10-13-4-6-14(7-5-13)16(19)18-17/h3-9H,10,17H2,1-2H3,(H,18,19). The van der Waals surface area contributed by atoms with Crippen LogP contribution < -0.4 is 16.0 Å². The number of rotatable bonds is 4. The molecule has 0 saturated heterocycles. The van der Waals surface area contributed by atoms with Crippen LogP contribution in [0, 0.1) is 13.8 Å². The molecule has 3 N–H and O–H groups in total. The van der Waals surface area contributed by atoms with Crippen LogP contribution in [-0.4, -0.2) is 5.91 Å². The van der Waals surface area contributed by atoms with Crippen molar-refractivity contribution in [1.29, 1.82) is 0 Å². The van der Waals surface area contributed by atoms with Crippen LogP contribution in [0.4, 0.5) is 0 Å². The molecular weight excluding hydrogens is 252 g/mol. The lowest BCUT2D eigenvalue weighted by Gasteiger charge is -2.10. The van der Waals surface area contributed by atoms with E-state index in [0.29, 0.717) is 12.2 Å². The first kappa shape index (κ1) is 14.1. The van der Waals surface area contributed by atoms with E-state index in [1.165, 1.54) is 5.56 Å². The quantitative estimate of drug-likeness (QED) is 0.509. The van der Waals surface area contributed by atoms with E-state index in [-0.39, 0.29) is 5.91 Å². The molecule has 0 aliphatic rings. The third-order valence-corrected chi connectivity index (χ3v) is 3.07. The zero-order valence-corrected chi connectivity index (χ0v) is 11.6. The number of aryl methyl sites for hydroxylation is 2. The summed E-state index contributed by atoms with van der Waals surface area (Å²) >= 11 is 0. The van der Waals surface area contributed by atoms with Crippen LogP contribution in [0.2, 0.25) is 0 Å². The maximum absolute atomic E-state index is 11.3. The van der Waals surface area contributed by atoms with Crippen LogP contribution >= 0.6 is 0 Å². The Morgan fingerprint density at radius 2 is 1.85 bits per heavy atom. The van der Waals surface area contributed by atoms with Crippen LogP contribution in [0.1, 0.15) is 27.0 Å². The maximum atomic E-state index is 11.3. The van der Waals surface area contributed by atoms with Crippen molar-refractivity contribution in [2.45, 2.75) is 20.5 Å². The summed E-state index contributed by atoms with van der Waals surface area (Å²) < 4.78 is 5.78. The summed E-state index contributed by atoms with van der Waals surface area (Å²) in [6.07, 6.45) is 0. The van der Waals surface area contributed by atoms with Crippen molar-refractivity contribution in [3.63, 3.8) is 0 Å². The molecule has 0 aromatic heterocycles. The zero-order valence-electron chi connectivity index (χ0n) is 11.6. The number of benzene rings is 2. The van der Waals surface area contributed by atoms with Gasteiger partial charge >= 0.3 is 0 Å². The molecule has 0 heterocycles. The fourth-order valence-electron chi connectivity index (χ4n) is 1.96. The van der Waals surface area contributed by atoms with Gasteiger partial charge in [0.1, 0.15) is 12.4 Å². The second-order valence-corrected chi connectivity index (χ2v) is 4.73. The number of hydrazine groups is 1. The molecule has 0 radical (unpaired) electrons. The van der Waals surface area contributed by atoms with Gasteiger partial charge in [0.2, 0.25) is 0 Å². The SMILES string of the molecule is Cc1ccc(OCc2ccc(C(=O)NN)cc2)c(C)c1. The Bertz CT molecular complexity index is 606. The predicted molar refractivity (Wildman–Crippen MR) is 78.3 cm³/mol. The minimum atomic E-state index is -0.299. The molecule has 104 valence electrons. The average Bonchev–Trinajstić information content (AvgIpc) is 2.46. The predicted octanol–water partition coefficient (Wildman–Crippen LogP) is 2.49. The normalized spacial score (nSPS) is 10.2. The van der Waals surface area contributed by atoms with Gasteiger partial charge in [0.15, 0.2) is 0 Å². The van der Waals surface area contributed by atoms with Crippen LogP contribution in [0.25, 0.3) is 0 Å². The first-order chi connectivity index (χ1) is 9.60. The van der Waals surface area contributed by atoms with Gasteiger partial charge < -0.3 is 4.74 Å². The molecule has 4 heteroatoms. The highest BCUT2D eigenvalue weighted by Gasteiger charge is 2.04. The molecule has 1 amide bonds. The maximum Gasteiger partial charge on any atom is 0.265 e. The van der Waals surface area contributed by atoms with E-state index in [2.05, 4.69) is 18.4 Å². The molecule has 2 rings (SSSR count). The van der Waals surface area contributed by atoms with Crippen LogP contribution in [0.5, 0.6) is 5.75 Å². The largest absolute Gasteiger partial charge is 0.489 e. The van der Waals surface area contributed by atoms with Gasteiger partial charge in [-0.25, -0.2) is 5.84 Å². The fourth-order valence-corrected chi connectivity index (χ4v) is 1.96. The third kappa shape index (κ3) is 3.36. The summed E-state index contributed by atoms with van der Waals surface area (Å²) in [4.78, 5) is 11.3. The minimum Gasteiger partial charge on any atom is -0.489 e. The van der Waals surface area contributed by atoms with Gasteiger partial charge in [0.05, 0.1) is 0 Å². The molecule has 0 spiro atoms. The smallest absolute Gasteiger partial charge is 0.265 e. The Labute approximate surface area is 118 Å². The Hall–Kier alpha value is -2.33. The van der Waals surface area contributed by atoms with Gasteiger partial charge in [-0.15, -0.1) is 0 Å². The number of amides is 1. The Morgan fingerprint density at radius 1 is 1.15 bits per heavy atom. The topological polar surface area (TPSA) is 64.3 Å². The molecule has 0 bridgehead atoms. The Morgan fingerprint density at radius 3 is 2.45 bits per heavy atom. The van der Waals surface area contributed by atoms with Gasteiger partial charge in [-0.2, -0.15) is 0 Å². The average molecular weight is 270 g/mol. The van der Waals surface area contributed by atoms with Gasteiger partial charge in [-0.1, -0.05) is 29.8 Å². The fraction of sp³-hybridized carbons (Fsp3) is 0.188. The van der Waals surface area contributed by atoms with E-state index in [1.807, 2.05) is 31.2 Å². The number of carbonyl (C=O) groups is 1. The van der Waals surface area contributed by atoms with Gasteiger partial charge in [-0.05, 0) is 43.2 Å². The van der Waals surface area contributed by atoms with E-state index in [1.54, 1.807) is 12.1 Å². The number of nitrogens with one attached hydrogen (secondary N) is 1. The van der Waals surface area contributed by atoms with Crippen molar-refractivity contribution in [1.82, 2.24) is 5.43 Å². The van der Waals surface area contributed by atoms with E-state index < -0.39 is 0 Å². The molecule has 0 unspecified atom stereocenters. The first-order valence-electron chi connectivity index (χ1n) is 6.40. The van der Waals surface area contributed by atoms with Crippen molar-refractivity contribution >= 4 is 5.91 Å². The van der Waals surface area contributed by atoms with E-state index in [0.717, 1.165) is 16.9 Å². The highest BCUT2D eigenvalue weighted by atomic mass is 16.5. The summed E-state index contributed by atoms with van der Waals surface area (Å²) in [6, 6.07) is 13.2. The minimum absolute atomic E-state index is 0.299. The van der Waals surface area contributed by atoms with E-state index >= 15 is 0 Å². The number of nitrogens with two attached hydrogens (primary N) is 1.